The lowest BCUT2D eigenvalue weighted by molar-refractivity contribution is -0.121. The molecule has 3 heterocycles. The molecule has 28 heavy (non-hydrogen) atoms. The number of piperidine rings is 1. The number of benzene rings is 2. The highest BCUT2D eigenvalue weighted by atomic mass is 16.5. The number of aromatic nitrogens is 2. The molecule has 2 saturated heterocycles. The minimum atomic E-state index is -0.129. The second-order valence-electron chi connectivity index (χ2n) is 7.69. The van der Waals surface area contributed by atoms with E-state index in [-0.39, 0.29) is 17.4 Å². The Morgan fingerprint density at radius 1 is 1.00 bits per heavy atom. The summed E-state index contributed by atoms with van der Waals surface area (Å²) in [6.07, 6.45) is 2.61. The van der Waals surface area contributed by atoms with Crippen molar-refractivity contribution < 1.29 is 9.32 Å². The van der Waals surface area contributed by atoms with Crippen LogP contribution < -0.4 is 10.2 Å². The third-order valence-corrected chi connectivity index (χ3v) is 5.94. The molecule has 3 aromatic rings. The molecule has 1 aromatic heterocycles. The van der Waals surface area contributed by atoms with Crippen LogP contribution >= 0.6 is 0 Å². The predicted molar refractivity (Wildman–Crippen MR) is 106 cm³/mol. The van der Waals surface area contributed by atoms with Crippen molar-refractivity contribution in [3.63, 3.8) is 0 Å². The maximum absolute atomic E-state index is 12.6. The molecule has 6 heteroatoms. The van der Waals surface area contributed by atoms with Crippen LogP contribution in [0.2, 0.25) is 0 Å². The van der Waals surface area contributed by atoms with Crippen molar-refractivity contribution in [1.29, 1.82) is 0 Å². The van der Waals surface area contributed by atoms with Crippen molar-refractivity contribution in [2.75, 3.05) is 18.0 Å². The number of nitrogens with one attached hydrogen (secondary N) is 1. The number of hydrogen-bond donors (Lipinski definition) is 1. The van der Waals surface area contributed by atoms with Crippen molar-refractivity contribution in [2.45, 2.75) is 30.7 Å². The molecule has 1 unspecified atom stereocenters. The largest absolute Gasteiger partial charge is 0.350 e. The van der Waals surface area contributed by atoms with Crippen molar-refractivity contribution in [2.24, 2.45) is 0 Å². The van der Waals surface area contributed by atoms with E-state index >= 15 is 0 Å². The highest BCUT2D eigenvalue weighted by molar-refractivity contribution is 5.87. The highest BCUT2D eigenvalue weighted by Crippen LogP contribution is 2.39. The zero-order valence-electron chi connectivity index (χ0n) is 15.5. The van der Waals surface area contributed by atoms with E-state index in [0.29, 0.717) is 11.8 Å². The lowest BCUT2D eigenvalue weighted by atomic mass is 9.82. The van der Waals surface area contributed by atoms with Gasteiger partial charge in [-0.05, 0) is 24.8 Å². The molecule has 2 aliphatic heterocycles. The second kappa shape index (κ2) is 6.78. The first-order valence-electron chi connectivity index (χ1n) is 9.74. The number of carbonyl (C=O) groups excluding carboxylic acids is 1. The van der Waals surface area contributed by atoms with Gasteiger partial charge in [0.1, 0.15) is 0 Å². The summed E-state index contributed by atoms with van der Waals surface area (Å²) in [6, 6.07) is 20.4. The molecule has 2 aromatic carbocycles. The van der Waals surface area contributed by atoms with Crippen molar-refractivity contribution in [1.82, 2.24) is 15.5 Å². The van der Waals surface area contributed by atoms with Crippen LogP contribution in [0, 0.1) is 0 Å². The number of hydrogen-bond acceptors (Lipinski definition) is 5. The van der Waals surface area contributed by atoms with E-state index in [2.05, 4.69) is 20.4 Å². The van der Waals surface area contributed by atoms with Gasteiger partial charge < -0.3 is 14.7 Å². The Balaban J connectivity index is 1.27. The van der Waals surface area contributed by atoms with Crippen LogP contribution in [0.1, 0.15) is 30.7 Å². The second-order valence-corrected chi connectivity index (χ2v) is 7.69. The summed E-state index contributed by atoms with van der Waals surface area (Å²) in [5.74, 6) is 0.693. The molecule has 1 amide bonds. The molecule has 1 N–H and O–H groups in total. The maximum Gasteiger partial charge on any atom is 0.324 e. The number of amides is 1. The van der Waals surface area contributed by atoms with Crippen LogP contribution in [0.5, 0.6) is 0 Å². The first kappa shape index (κ1) is 17.0. The average molecular weight is 374 g/mol. The minimum Gasteiger partial charge on any atom is -0.350 e. The highest BCUT2D eigenvalue weighted by Gasteiger charge is 2.46. The van der Waals surface area contributed by atoms with Crippen LogP contribution in [-0.2, 0) is 4.79 Å². The summed E-state index contributed by atoms with van der Waals surface area (Å²) < 4.78 is 5.50. The molecule has 142 valence electrons. The Labute approximate surface area is 163 Å². The molecule has 0 aliphatic carbocycles. The van der Waals surface area contributed by atoms with Crippen LogP contribution in [0.25, 0.3) is 11.4 Å². The summed E-state index contributed by atoms with van der Waals surface area (Å²) >= 11 is 0. The smallest absolute Gasteiger partial charge is 0.324 e. The normalized spacial score (nSPS) is 21.1. The molecule has 2 aliphatic rings. The third-order valence-electron chi connectivity index (χ3n) is 5.94. The maximum atomic E-state index is 12.6. The summed E-state index contributed by atoms with van der Waals surface area (Å²) in [6.45, 7) is 1.58. The zero-order chi connectivity index (χ0) is 19.0. The minimum absolute atomic E-state index is 0.0548. The molecule has 2 fully saturated rings. The van der Waals surface area contributed by atoms with Crippen molar-refractivity contribution in [3.05, 3.63) is 66.2 Å². The quantitative estimate of drug-likeness (QED) is 0.761. The molecule has 0 bridgehead atoms. The summed E-state index contributed by atoms with van der Waals surface area (Å²) in [7, 11) is 0. The Morgan fingerprint density at radius 3 is 2.39 bits per heavy atom. The monoisotopic (exact) mass is 374 g/mol. The fraction of sp³-hybridized carbons (Fsp3) is 0.318. The SMILES string of the molecule is O=C1NC2(CCN(c3nc(-c4ccccc4)no3)CC2)CC1c1ccccc1. The van der Waals surface area contributed by atoms with Crippen LogP contribution in [0.3, 0.4) is 0 Å². The topological polar surface area (TPSA) is 71.3 Å². The molecule has 1 atom stereocenters. The van der Waals surface area contributed by atoms with E-state index in [1.165, 1.54) is 0 Å². The average Bonchev–Trinajstić information content (AvgIpc) is 3.35. The summed E-state index contributed by atoms with van der Waals surface area (Å²) in [5.41, 5.74) is 1.92. The van der Waals surface area contributed by atoms with E-state index in [1.807, 2.05) is 60.7 Å². The third kappa shape index (κ3) is 3.05. The van der Waals surface area contributed by atoms with Crippen LogP contribution in [0.15, 0.2) is 65.2 Å². The number of nitrogens with zero attached hydrogens (tertiary/aromatic N) is 3. The lowest BCUT2D eigenvalue weighted by Crippen LogP contribution is -2.51. The lowest BCUT2D eigenvalue weighted by Gasteiger charge is -2.38. The zero-order valence-corrected chi connectivity index (χ0v) is 15.5. The van der Waals surface area contributed by atoms with Gasteiger partial charge in [-0.2, -0.15) is 4.98 Å². The van der Waals surface area contributed by atoms with Gasteiger partial charge in [0.25, 0.3) is 0 Å². The van der Waals surface area contributed by atoms with Gasteiger partial charge in [0.05, 0.1) is 5.92 Å². The molecule has 6 nitrogen and oxygen atoms in total. The predicted octanol–water partition coefficient (Wildman–Crippen LogP) is 3.38. The van der Waals surface area contributed by atoms with Gasteiger partial charge in [-0.15, -0.1) is 0 Å². The van der Waals surface area contributed by atoms with Crippen LogP contribution in [0.4, 0.5) is 6.01 Å². The number of carbonyl (C=O) groups is 1. The van der Waals surface area contributed by atoms with Gasteiger partial charge in [-0.1, -0.05) is 65.8 Å². The van der Waals surface area contributed by atoms with E-state index < -0.39 is 0 Å². The molecule has 5 rings (SSSR count). The van der Waals surface area contributed by atoms with E-state index in [0.717, 1.165) is 43.5 Å². The number of anilines is 1. The van der Waals surface area contributed by atoms with E-state index in [1.54, 1.807) is 0 Å². The van der Waals surface area contributed by atoms with E-state index in [4.69, 9.17) is 4.52 Å². The molecule has 0 saturated carbocycles. The van der Waals surface area contributed by atoms with Gasteiger partial charge in [0.15, 0.2) is 0 Å². The van der Waals surface area contributed by atoms with Gasteiger partial charge in [-0.3, -0.25) is 4.79 Å². The summed E-state index contributed by atoms with van der Waals surface area (Å²) in [5, 5.41) is 7.41. The van der Waals surface area contributed by atoms with Crippen molar-refractivity contribution >= 4 is 11.9 Å². The Morgan fingerprint density at radius 2 is 1.68 bits per heavy atom. The van der Waals surface area contributed by atoms with Gasteiger partial charge in [-0.25, -0.2) is 0 Å². The molecular weight excluding hydrogens is 352 g/mol. The fourth-order valence-electron chi connectivity index (χ4n) is 4.34. The Bertz CT molecular complexity index is 962. The van der Waals surface area contributed by atoms with Gasteiger partial charge in [0.2, 0.25) is 11.7 Å². The molecule has 1 spiro atoms. The van der Waals surface area contributed by atoms with Crippen LogP contribution in [-0.4, -0.2) is 34.7 Å². The standard InChI is InChI=1S/C22H22N4O2/c27-20-18(16-7-3-1-4-8-16)15-22(24-20)11-13-26(14-12-22)21-23-19(25-28-21)17-9-5-2-6-10-17/h1-10,18H,11-15H2,(H,24,27). The first-order valence-corrected chi connectivity index (χ1v) is 9.74. The van der Waals surface area contributed by atoms with E-state index in [9.17, 15) is 4.79 Å². The molecule has 0 radical (unpaired) electrons. The Hall–Kier alpha value is -3.15. The van der Waals surface area contributed by atoms with Gasteiger partial charge in [0, 0.05) is 24.2 Å². The van der Waals surface area contributed by atoms with Gasteiger partial charge >= 0.3 is 6.01 Å². The summed E-state index contributed by atoms with van der Waals surface area (Å²) in [4.78, 5) is 19.3. The number of rotatable bonds is 3. The Kier molecular flexibility index (Phi) is 4.11. The first-order chi connectivity index (χ1) is 13.7. The van der Waals surface area contributed by atoms with Crippen molar-refractivity contribution in [3.8, 4) is 11.4 Å². The fourth-order valence-corrected chi connectivity index (χ4v) is 4.34. The molecular formula is C22H22N4O2.